The van der Waals surface area contributed by atoms with E-state index in [4.69, 9.17) is 10.8 Å². The molecule has 22 heavy (non-hydrogen) atoms. The Labute approximate surface area is 128 Å². The van der Waals surface area contributed by atoms with Crippen molar-refractivity contribution in [1.29, 1.82) is 0 Å². The second kappa shape index (κ2) is 7.17. The number of anilines is 1. The van der Waals surface area contributed by atoms with Gasteiger partial charge in [0.1, 0.15) is 6.10 Å². The van der Waals surface area contributed by atoms with Gasteiger partial charge >= 0.3 is 0 Å². The summed E-state index contributed by atoms with van der Waals surface area (Å²) in [5.41, 5.74) is 7.32. The van der Waals surface area contributed by atoms with Crippen LogP contribution in [0.1, 0.15) is 34.0 Å². The molecule has 0 aliphatic rings. The van der Waals surface area contributed by atoms with Gasteiger partial charge in [-0.25, -0.2) is 0 Å². The van der Waals surface area contributed by atoms with Gasteiger partial charge in [-0.15, -0.1) is 0 Å². The molecule has 0 heterocycles. The number of hydrogen-bond donors (Lipinski definition) is 4. The van der Waals surface area contributed by atoms with Crippen LogP contribution in [0, 0.1) is 0 Å². The number of aliphatic hydroxyl groups excluding tert-OH is 3. The molecule has 0 saturated heterocycles. The second-order valence-electron chi connectivity index (χ2n) is 5.07. The highest BCUT2D eigenvalue weighted by atomic mass is 16.3. The van der Waals surface area contributed by atoms with Gasteiger partial charge in [0.25, 0.3) is 0 Å². The van der Waals surface area contributed by atoms with Crippen LogP contribution in [-0.2, 0) is 0 Å². The molecule has 0 aromatic heterocycles. The van der Waals surface area contributed by atoms with Gasteiger partial charge in [-0.1, -0.05) is 36.4 Å². The smallest absolute Gasteiger partial charge is 0.195 e. The number of hydrogen-bond acceptors (Lipinski definition) is 5. The van der Waals surface area contributed by atoms with Crippen molar-refractivity contribution in [3.8, 4) is 0 Å². The number of carbonyl (C=O) groups is 1. The lowest BCUT2D eigenvalue weighted by molar-refractivity contribution is 0.00419. The fourth-order valence-electron chi connectivity index (χ4n) is 2.21. The summed E-state index contributed by atoms with van der Waals surface area (Å²) >= 11 is 0. The Bertz CT molecular complexity index is 642. The van der Waals surface area contributed by atoms with Crippen molar-refractivity contribution in [2.75, 3.05) is 12.3 Å². The van der Waals surface area contributed by atoms with Crippen molar-refractivity contribution in [3.63, 3.8) is 0 Å². The first kappa shape index (κ1) is 16.2. The predicted octanol–water partition coefficient (Wildman–Crippen LogP) is 1.28. The standard InChI is InChI=1S/C17H19NO4/c18-14-7-6-12(17(22)15(20)8-9-19)10-13(14)16(21)11-4-2-1-3-5-11/h1-7,10,15,17,19-20,22H,8-9,18H2. The summed E-state index contributed by atoms with van der Waals surface area (Å²) in [6.45, 7) is -0.233. The van der Waals surface area contributed by atoms with E-state index in [0.717, 1.165) is 0 Å². The summed E-state index contributed by atoms with van der Waals surface area (Å²) in [5.74, 6) is -0.246. The van der Waals surface area contributed by atoms with E-state index in [9.17, 15) is 15.0 Å². The van der Waals surface area contributed by atoms with Crippen molar-refractivity contribution in [3.05, 3.63) is 65.2 Å². The molecule has 0 aliphatic heterocycles. The summed E-state index contributed by atoms with van der Waals surface area (Å²) < 4.78 is 0. The summed E-state index contributed by atoms with van der Waals surface area (Å²) in [6.07, 6.45) is -2.24. The van der Waals surface area contributed by atoms with Crippen LogP contribution in [0.15, 0.2) is 48.5 Å². The average molecular weight is 301 g/mol. The maximum Gasteiger partial charge on any atom is 0.195 e. The number of nitrogen functional groups attached to an aromatic ring is 1. The van der Waals surface area contributed by atoms with E-state index in [1.54, 1.807) is 30.3 Å². The minimum Gasteiger partial charge on any atom is -0.398 e. The molecular formula is C17H19NO4. The second-order valence-corrected chi connectivity index (χ2v) is 5.07. The third-order valence-electron chi connectivity index (χ3n) is 3.49. The van der Waals surface area contributed by atoms with Crippen LogP contribution >= 0.6 is 0 Å². The normalized spacial score (nSPS) is 13.6. The van der Waals surface area contributed by atoms with Gasteiger partial charge in [0.2, 0.25) is 0 Å². The van der Waals surface area contributed by atoms with Crippen LogP contribution in [0.25, 0.3) is 0 Å². The molecule has 5 nitrogen and oxygen atoms in total. The predicted molar refractivity (Wildman–Crippen MR) is 83.4 cm³/mol. The van der Waals surface area contributed by atoms with Crippen LogP contribution in [0.3, 0.4) is 0 Å². The van der Waals surface area contributed by atoms with Crippen LogP contribution in [0.2, 0.25) is 0 Å². The SMILES string of the molecule is Nc1ccc(C(O)C(O)CCO)cc1C(=O)c1ccccc1. The Morgan fingerprint density at radius 1 is 1.09 bits per heavy atom. The average Bonchev–Trinajstić information content (AvgIpc) is 2.55. The highest BCUT2D eigenvalue weighted by Crippen LogP contribution is 2.25. The maximum atomic E-state index is 12.5. The molecule has 0 saturated carbocycles. The number of rotatable bonds is 6. The highest BCUT2D eigenvalue weighted by Gasteiger charge is 2.20. The lowest BCUT2D eigenvalue weighted by atomic mass is 9.95. The first-order valence-electron chi connectivity index (χ1n) is 7.00. The van der Waals surface area contributed by atoms with Crippen molar-refractivity contribution >= 4 is 11.5 Å². The summed E-state index contributed by atoms with van der Waals surface area (Å²) in [5, 5.41) is 28.7. The van der Waals surface area contributed by atoms with Crippen LogP contribution in [-0.4, -0.2) is 33.8 Å². The van der Waals surface area contributed by atoms with Crippen molar-refractivity contribution in [2.45, 2.75) is 18.6 Å². The number of aliphatic hydroxyl groups is 3. The molecule has 0 amide bonds. The monoisotopic (exact) mass is 301 g/mol. The fraction of sp³-hybridized carbons (Fsp3) is 0.235. The number of benzene rings is 2. The van der Waals surface area contributed by atoms with Gasteiger partial charge in [-0.05, 0) is 24.1 Å². The molecule has 2 unspecified atom stereocenters. The van der Waals surface area contributed by atoms with Gasteiger partial charge in [0.05, 0.1) is 6.10 Å². The van der Waals surface area contributed by atoms with E-state index in [2.05, 4.69) is 0 Å². The molecule has 0 fully saturated rings. The lowest BCUT2D eigenvalue weighted by Crippen LogP contribution is -2.20. The van der Waals surface area contributed by atoms with E-state index in [0.29, 0.717) is 16.8 Å². The lowest BCUT2D eigenvalue weighted by Gasteiger charge is -2.18. The summed E-state index contributed by atoms with van der Waals surface area (Å²) in [6, 6.07) is 13.3. The van der Waals surface area contributed by atoms with Gasteiger partial charge in [0, 0.05) is 23.4 Å². The number of nitrogens with two attached hydrogens (primary N) is 1. The van der Waals surface area contributed by atoms with Gasteiger partial charge in [-0.2, -0.15) is 0 Å². The molecule has 0 aliphatic carbocycles. The Morgan fingerprint density at radius 3 is 2.41 bits per heavy atom. The Kier molecular flexibility index (Phi) is 5.27. The molecule has 2 rings (SSSR count). The van der Waals surface area contributed by atoms with E-state index in [-0.39, 0.29) is 24.4 Å². The molecule has 2 aromatic carbocycles. The Morgan fingerprint density at radius 2 is 1.77 bits per heavy atom. The van der Waals surface area contributed by atoms with Crippen molar-refractivity contribution < 1.29 is 20.1 Å². The Balaban J connectivity index is 2.33. The van der Waals surface area contributed by atoms with Crippen molar-refractivity contribution in [1.82, 2.24) is 0 Å². The molecule has 0 spiro atoms. The van der Waals surface area contributed by atoms with E-state index in [1.807, 2.05) is 6.07 Å². The molecule has 116 valence electrons. The summed E-state index contributed by atoms with van der Waals surface area (Å²) in [4.78, 5) is 12.5. The van der Waals surface area contributed by atoms with E-state index >= 15 is 0 Å². The van der Waals surface area contributed by atoms with E-state index < -0.39 is 12.2 Å². The van der Waals surface area contributed by atoms with Crippen LogP contribution < -0.4 is 5.73 Å². The molecule has 2 aromatic rings. The number of carbonyl (C=O) groups excluding carboxylic acids is 1. The molecule has 5 N–H and O–H groups in total. The quantitative estimate of drug-likeness (QED) is 0.475. The zero-order chi connectivity index (χ0) is 16.1. The Hall–Kier alpha value is -2.21. The third kappa shape index (κ3) is 3.51. The molecular weight excluding hydrogens is 282 g/mol. The first-order chi connectivity index (χ1) is 10.5. The first-order valence-corrected chi connectivity index (χ1v) is 7.00. The zero-order valence-corrected chi connectivity index (χ0v) is 12.0. The highest BCUT2D eigenvalue weighted by molar-refractivity contribution is 6.12. The van der Waals surface area contributed by atoms with Crippen LogP contribution in [0.5, 0.6) is 0 Å². The fourth-order valence-corrected chi connectivity index (χ4v) is 2.21. The van der Waals surface area contributed by atoms with Gasteiger partial charge in [0.15, 0.2) is 5.78 Å². The summed E-state index contributed by atoms with van der Waals surface area (Å²) in [7, 11) is 0. The largest absolute Gasteiger partial charge is 0.398 e. The van der Waals surface area contributed by atoms with E-state index in [1.165, 1.54) is 12.1 Å². The van der Waals surface area contributed by atoms with Gasteiger partial charge in [-0.3, -0.25) is 4.79 Å². The molecule has 0 radical (unpaired) electrons. The van der Waals surface area contributed by atoms with Gasteiger partial charge < -0.3 is 21.1 Å². The molecule has 2 atom stereocenters. The van der Waals surface area contributed by atoms with Crippen LogP contribution in [0.4, 0.5) is 5.69 Å². The maximum absolute atomic E-state index is 12.5. The number of ketones is 1. The third-order valence-corrected chi connectivity index (χ3v) is 3.49. The minimum atomic E-state index is -1.19. The van der Waals surface area contributed by atoms with Crippen molar-refractivity contribution in [2.24, 2.45) is 0 Å². The minimum absolute atomic E-state index is 0.0491. The topological polar surface area (TPSA) is 104 Å². The molecule has 0 bridgehead atoms. The zero-order valence-electron chi connectivity index (χ0n) is 12.0. The molecule has 5 heteroatoms.